The number of anilines is 1. The summed E-state index contributed by atoms with van der Waals surface area (Å²) in [5.74, 6) is 0.869. The monoisotopic (exact) mass is 207 g/mol. The molecule has 74 valence electrons. The van der Waals surface area contributed by atoms with Crippen molar-refractivity contribution in [1.29, 1.82) is 0 Å². The summed E-state index contributed by atoms with van der Waals surface area (Å²) in [5.41, 5.74) is 7.26. The van der Waals surface area contributed by atoms with Gasteiger partial charge in [0.05, 0.1) is 10.2 Å². The van der Waals surface area contributed by atoms with Crippen molar-refractivity contribution in [3.8, 4) is 0 Å². The highest BCUT2D eigenvalue weighted by Gasteiger charge is 2.16. The van der Waals surface area contributed by atoms with Crippen LogP contribution in [0.25, 0.3) is 10.2 Å². The van der Waals surface area contributed by atoms with Gasteiger partial charge in [0.25, 0.3) is 0 Å². The molecule has 1 aliphatic rings. The van der Waals surface area contributed by atoms with Crippen molar-refractivity contribution in [3.63, 3.8) is 0 Å². The summed E-state index contributed by atoms with van der Waals surface area (Å²) < 4.78 is 3.45. The second-order valence-electron chi connectivity index (χ2n) is 3.71. The van der Waals surface area contributed by atoms with Gasteiger partial charge in [-0.05, 0) is 30.4 Å². The van der Waals surface area contributed by atoms with Gasteiger partial charge in [-0.15, -0.1) is 11.3 Å². The zero-order chi connectivity index (χ0) is 9.54. The van der Waals surface area contributed by atoms with E-state index in [4.69, 9.17) is 5.73 Å². The van der Waals surface area contributed by atoms with E-state index in [1.807, 2.05) is 0 Å². The molecule has 2 aromatic heterocycles. The quantitative estimate of drug-likeness (QED) is 0.776. The molecule has 14 heavy (non-hydrogen) atoms. The highest BCUT2D eigenvalue weighted by atomic mass is 32.1. The predicted molar refractivity (Wildman–Crippen MR) is 61.4 cm³/mol. The van der Waals surface area contributed by atoms with Crippen LogP contribution in [-0.2, 0) is 0 Å². The van der Waals surface area contributed by atoms with Crippen LogP contribution in [0.15, 0.2) is 17.5 Å². The first kappa shape index (κ1) is 8.17. The molecule has 0 aromatic carbocycles. The van der Waals surface area contributed by atoms with Gasteiger partial charge in [-0.2, -0.15) is 0 Å². The zero-order valence-electron chi connectivity index (χ0n) is 7.94. The Bertz CT molecular complexity index is 451. The summed E-state index contributed by atoms with van der Waals surface area (Å²) in [4.78, 5) is 0. The average Bonchev–Trinajstić information content (AvgIpc) is 2.78. The average molecular weight is 207 g/mol. The molecule has 2 aromatic rings. The maximum atomic E-state index is 6.01. The molecule has 0 amide bonds. The molecule has 0 bridgehead atoms. The van der Waals surface area contributed by atoms with Crippen LogP contribution in [0.1, 0.15) is 12.8 Å². The maximum absolute atomic E-state index is 6.01. The van der Waals surface area contributed by atoms with E-state index >= 15 is 0 Å². The van der Waals surface area contributed by atoms with Gasteiger partial charge in [-0.3, -0.25) is 0 Å². The van der Waals surface area contributed by atoms with E-state index in [0.717, 1.165) is 18.9 Å². The third kappa shape index (κ3) is 1.04. The molecule has 0 spiro atoms. The lowest BCUT2D eigenvalue weighted by Crippen LogP contribution is -2.31. The Morgan fingerprint density at radius 2 is 2.07 bits per heavy atom. The van der Waals surface area contributed by atoms with Crippen LogP contribution >= 0.6 is 11.3 Å². The maximum Gasteiger partial charge on any atom is 0.124 e. The van der Waals surface area contributed by atoms with Gasteiger partial charge < -0.3 is 10.7 Å². The number of nitrogens with zero attached hydrogens (tertiary/aromatic N) is 2. The summed E-state index contributed by atoms with van der Waals surface area (Å²) in [5, 5.41) is 4.46. The van der Waals surface area contributed by atoms with Gasteiger partial charge in [0.2, 0.25) is 0 Å². The normalized spacial score (nSPS) is 17.0. The SMILES string of the molecule is Nc1cc2sccc2n1N1CCCC1. The Kier molecular flexibility index (Phi) is 1.70. The van der Waals surface area contributed by atoms with Crippen molar-refractivity contribution in [1.82, 2.24) is 4.68 Å². The second kappa shape index (κ2) is 2.92. The van der Waals surface area contributed by atoms with Gasteiger partial charge >= 0.3 is 0 Å². The van der Waals surface area contributed by atoms with Gasteiger partial charge in [-0.25, -0.2) is 4.68 Å². The van der Waals surface area contributed by atoms with Gasteiger partial charge in [0.1, 0.15) is 5.82 Å². The largest absolute Gasteiger partial charge is 0.384 e. The summed E-state index contributed by atoms with van der Waals surface area (Å²) in [7, 11) is 0. The van der Waals surface area contributed by atoms with Gasteiger partial charge in [-0.1, -0.05) is 0 Å². The first-order chi connectivity index (χ1) is 6.86. The van der Waals surface area contributed by atoms with Crippen molar-refractivity contribution in [2.45, 2.75) is 12.8 Å². The Morgan fingerprint density at radius 3 is 2.86 bits per heavy atom. The van der Waals surface area contributed by atoms with E-state index in [0.29, 0.717) is 0 Å². The van der Waals surface area contributed by atoms with E-state index in [-0.39, 0.29) is 0 Å². The zero-order valence-corrected chi connectivity index (χ0v) is 8.76. The molecule has 0 unspecified atom stereocenters. The van der Waals surface area contributed by atoms with Gasteiger partial charge in [0, 0.05) is 13.1 Å². The molecule has 0 radical (unpaired) electrons. The fraction of sp³-hybridized carbons (Fsp3) is 0.400. The van der Waals surface area contributed by atoms with Crippen molar-refractivity contribution in [2.24, 2.45) is 0 Å². The van der Waals surface area contributed by atoms with E-state index < -0.39 is 0 Å². The molecule has 3 heterocycles. The van der Waals surface area contributed by atoms with Crippen LogP contribution in [0.3, 0.4) is 0 Å². The van der Waals surface area contributed by atoms with Crippen LogP contribution < -0.4 is 10.7 Å². The van der Waals surface area contributed by atoms with E-state index in [1.165, 1.54) is 23.1 Å². The molecule has 3 rings (SSSR count). The number of thiophene rings is 1. The second-order valence-corrected chi connectivity index (χ2v) is 4.66. The first-order valence-corrected chi connectivity index (χ1v) is 5.84. The van der Waals surface area contributed by atoms with Crippen molar-refractivity contribution in [2.75, 3.05) is 23.8 Å². The number of hydrogen-bond acceptors (Lipinski definition) is 3. The topological polar surface area (TPSA) is 34.2 Å². The number of aromatic nitrogens is 1. The summed E-state index contributed by atoms with van der Waals surface area (Å²) >= 11 is 1.75. The molecular weight excluding hydrogens is 194 g/mol. The minimum atomic E-state index is 0.869. The number of rotatable bonds is 1. The van der Waals surface area contributed by atoms with Crippen LogP contribution in [0.4, 0.5) is 5.82 Å². The Labute approximate surface area is 86.7 Å². The predicted octanol–water partition coefficient (Wildman–Crippen LogP) is 2.02. The third-order valence-corrected chi connectivity index (χ3v) is 3.64. The molecule has 1 aliphatic heterocycles. The van der Waals surface area contributed by atoms with Crippen LogP contribution in [0.2, 0.25) is 0 Å². The lowest BCUT2D eigenvalue weighted by Gasteiger charge is -2.21. The molecule has 3 nitrogen and oxygen atoms in total. The Morgan fingerprint density at radius 1 is 1.29 bits per heavy atom. The first-order valence-electron chi connectivity index (χ1n) is 4.96. The highest BCUT2D eigenvalue weighted by Crippen LogP contribution is 2.27. The molecule has 0 atom stereocenters. The molecule has 2 N–H and O–H groups in total. The van der Waals surface area contributed by atoms with E-state index in [1.54, 1.807) is 11.3 Å². The smallest absolute Gasteiger partial charge is 0.124 e. The standard InChI is InChI=1S/C10H13N3S/c11-10-7-9-8(3-6-14-9)13(10)12-4-1-2-5-12/h3,6-7H,1-2,4-5,11H2. The van der Waals surface area contributed by atoms with Crippen LogP contribution in [0, 0.1) is 0 Å². The van der Waals surface area contributed by atoms with Crippen LogP contribution in [0.5, 0.6) is 0 Å². The van der Waals surface area contributed by atoms with Gasteiger partial charge in [0.15, 0.2) is 0 Å². The molecule has 4 heteroatoms. The molecule has 0 aliphatic carbocycles. The molecular formula is C10H13N3S. The van der Waals surface area contributed by atoms with Crippen LogP contribution in [-0.4, -0.2) is 17.8 Å². The molecule has 0 saturated carbocycles. The van der Waals surface area contributed by atoms with Crippen molar-refractivity contribution < 1.29 is 0 Å². The summed E-state index contributed by atoms with van der Waals surface area (Å²) in [6.45, 7) is 2.26. The fourth-order valence-corrected chi connectivity index (χ4v) is 2.96. The Balaban J connectivity index is 2.16. The van der Waals surface area contributed by atoms with Crippen molar-refractivity contribution >= 4 is 27.4 Å². The summed E-state index contributed by atoms with van der Waals surface area (Å²) in [6.07, 6.45) is 2.56. The summed E-state index contributed by atoms with van der Waals surface area (Å²) in [6, 6.07) is 4.22. The lowest BCUT2D eigenvalue weighted by molar-refractivity contribution is 0.696. The minimum absolute atomic E-state index is 0.869. The fourth-order valence-electron chi connectivity index (χ4n) is 2.15. The number of hydrogen-bond donors (Lipinski definition) is 1. The number of nitrogen functional groups attached to an aromatic ring is 1. The van der Waals surface area contributed by atoms with E-state index in [2.05, 4.69) is 27.2 Å². The molecule has 1 saturated heterocycles. The number of nitrogens with two attached hydrogens (primary N) is 1. The molecule has 1 fully saturated rings. The van der Waals surface area contributed by atoms with E-state index in [9.17, 15) is 0 Å². The lowest BCUT2D eigenvalue weighted by atomic mass is 10.4. The Hall–Kier alpha value is -1.16. The van der Waals surface area contributed by atoms with Crippen molar-refractivity contribution in [3.05, 3.63) is 17.5 Å². The minimum Gasteiger partial charge on any atom is -0.384 e. The number of fused-ring (bicyclic) bond motifs is 1. The third-order valence-electron chi connectivity index (χ3n) is 2.79. The highest BCUT2D eigenvalue weighted by molar-refractivity contribution is 7.17.